The quantitative estimate of drug-likeness (QED) is 0.229. The van der Waals surface area contributed by atoms with Crippen LogP contribution in [0.25, 0.3) is 0 Å². The molecule has 3 amide bonds. The van der Waals surface area contributed by atoms with Gasteiger partial charge in [0, 0.05) is 20.4 Å². The molecule has 0 aromatic rings. The van der Waals surface area contributed by atoms with Gasteiger partial charge in [-0.3, -0.25) is 19.2 Å². The van der Waals surface area contributed by atoms with Gasteiger partial charge in [0.15, 0.2) is 0 Å². The Kier molecular flexibility index (Phi) is 21.0. The van der Waals surface area contributed by atoms with Crippen molar-refractivity contribution in [3.8, 4) is 0 Å². The molecule has 1 atom stereocenters. The van der Waals surface area contributed by atoms with Crippen LogP contribution >= 0.6 is 11.8 Å². The number of aliphatic carboxylic acids is 1. The van der Waals surface area contributed by atoms with E-state index in [-0.39, 0.29) is 33.5 Å². The molecule has 0 bridgehead atoms. The summed E-state index contributed by atoms with van der Waals surface area (Å²) in [6.07, 6.45) is 2.40. The third kappa shape index (κ3) is 17.2. The summed E-state index contributed by atoms with van der Waals surface area (Å²) in [5.41, 5.74) is 5.60. The van der Waals surface area contributed by atoms with Crippen LogP contribution in [0.3, 0.4) is 0 Å². The van der Waals surface area contributed by atoms with Gasteiger partial charge in [0.1, 0.15) is 6.54 Å². The molecule has 11 heteroatoms. The molecule has 1 unspecified atom stereocenters. The van der Waals surface area contributed by atoms with Gasteiger partial charge in [0.25, 0.3) is 0 Å². The fourth-order valence-corrected chi connectivity index (χ4v) is 1.64. The van der Waals surface area contributed by atoms with Crippen LogP contribution < -0.4 is 21.7 Å². The van der Waals surface area contributed by atoms with Crippen molar-refractivity contribution in [2.45, 2.75) is 26.3 Å². The molecule has 1 radical (unpaired) electrons. The predicted molar refractivity (Wildman–Crippen MR) is 89.0 cm³/mol. The minimum atomic E-state index is -1.18. The zero-order chi connectivity index (χ0) is 18.3. The van der Waals surface area contributed by atoms with Gasteiger partial charge in [-0.25, -0.2) is 0 Å². The molecular weight excluding hydrogens is 510 g/mol. The van der Waals surface area contributed by atoms with Crippen LogP contribution in [0.5, 0.6) is 0 Å². The van der Waals surface area contributed by atoms with E-state index < -0.39 is 36.3 Å². The number of carboxylic acid groups (broad SMARTS) is 1. The molecule has 0 aromatic heterocycles. The first-order valence-electron chi connectivity index (χ1n) is 7.14. The van der Waals surface area contributed by atoms with Gasteiger partial charge in [-0.05, 0) is 18.4 Å². The first-order valence-corrected chi connectivity index (χ1v) is 8.53. The number of carbonyl (C=O) groups is 4. The Morgan fingerprint density at radius 1 is 1.00 bits per heavy atom. The predicted octanol–water partition coefficient (Wildman–Crippen LogP) is -1.48. The monoisotopic (exact) mass is 537 g/mol. The van der Waals surface area contributed by atoms with E-state index in [9.17, 15) is 19.2 Å². The largest absolute Gasteiger partial charge is 0.480 e. The van der Waals surface area contributed by atoms with E-state index >= 15 is 0 Å². The summed E-state index contributed by atoms with van der Waals surface area (Å²) in [6.45, 7) is 2.83. The standard InChI is InChI=1S/C11H20N4O5S.C2H6.Re/c1-21-3-2-7(12)11(20)15-5-9(17)13-4-8(16)14-6-10(18)19;1-2;/h7H,2-6,12H2,1H3,(H,13,17)(H,14,16)(H,15,20)(H,18,19);1-2H3;. The second-order valence-corrected chi connectivity index (χ2v) is 5.04. The molecule has 9 nitrogen and oxygen atoms in total. The molecule has 0 aromatic carbocycles. The summed E-state index contributed by atoms with van der Waals surface area (Å²) in [6, 6.07) is -0.677. The average molecular weight is 537 g/mol. The zero-order valence-electron chi connectivity index (χ0n) is 14.1. The second kappa shape index (κ2) is 18.2. The Morgan fingerprint density at radius 3 is 1.92 bits per heavy atom. The van der Waals surface area contributed by atoms with E-state index in [1.807, 2.05) is 20.1 Å². The zero-order valence-corrected chi connectivity index (χ0v) is 17.6. The molecule has 0 spiro atoms. The van der Waals surface area contributed by atoms with Gasteiger partial charge in [-0.2, -0.15) is 11.8 Å². The maximum atomic E-state index is 11.5. The van der Waals surface area contributed by atoms with Gasteiger partial charge < -0.3 is 26.8 Å². The van der Waals surface area contributed by atoms with Gasteiger partial charge in [0.2, 0.25) is 17.7 Å². The summed E-state index contributed by atoms with van der Waals surface area (Å²) in [7, 11) is 0. The van der Waals surface area contributed by atoms with Crippen molar-refractivity contribution in [3.63, 3.8) is 0 Å². The summed E-state index contributed by atoms with van der Waals surface area (Å²) in [4.78, 5) is 44.2. The van der Waals surface area contributed by atoms with Gasteiger partial charge in [0.05, 0.1) is 19.1 Å². The SMILES string of the molecule is CC.CSCCC(N)C(=O)NCC(=O)NCC(=O)NCC(=O)O.[Re]. The van der Waals surface area contributed by atoms with Crippen molar-refractivity contribution in [3.05, 3.63) is 0 Å². The summed E-state index contributed by atoms with van der Waals surface area (Å²) >= 11 is 1.56. The summed E-state index contributed by atoms with van der Waals surface area (Å²) < 4.78 is 0. The number of amides is 3. The third-order valence-corrected chi connectivity index (χ3v) is 2.92. The Morgan fingerprint density at radius 2 is 1.46 bits per heavy atom. The maximum Gasteiger partial charge on any atom is 0.322 e. The second-order valence-electron chi connectivity index (χ2n) is 4.05. The van der Waals surface area contributed by atoms with Crippen LogP contribution in [0.15, 0.2) is 0 Å². The molecule has 0 aliphatic rings. The number of nitrogens with one attached hydrogen (secondary N) is 3. The third-order valence-electron chi connectivity index (χ3n) is 2.28. The van der Waals surface area contributed by atoms with E-state index in [1.165, 1.54) is 0 Å². The Balaban J connectivity index is -0.00000141. The average Bonchev–Trinajstić information content (AvgIpc) is 2.55. The van der Waals surface area contributed by atoms with Crippen molar-refractivity contribution in [2.75, 3.05) is 31.6 Å². The number of thioether (sulfide) groups is 1. The normalized spacial score (nSPS) is 10.2. The van der Waals surface area contributed by atoms with Crippen LogP contribution in [-0.2, 0) is 39.6 Å². The molecule has 0 saturated heterocycles. The molecule has 0 heterocycles. The van der Waals surface area contributed by atoms with Crippen molar-refractivity contribution >= 4 is 35.5 Å². The van der Waals surface area contributed by atoms with Crippen molar-refractivity contribution in [2.24, 2.45) is 5.73 Å². The van der Waals surface area contributed by atoms with Crippen molar-refractivity contribution < 1.29 is 44.7 Å². The van der Waals surface area contributed by atoms with Crippen LogP contribution in [0.1, 0.15) is 20.3 Å². The van der Waals surface area contributed by atoms with Crippen LogP contribution in [0, 0.1) is 0 Å². The minimum absolute atomic E-state index is 0. The number of carbonyl (C=O) groups excluding carboxylic acids is 3. The smallest absolute Gasteiger partial charge is 0.322 e. The minimum Gasteiger partial charge on any atom is -0.480 e. The van der Waals surface area contributed by atoms with E-state index in [0.717, 1.165) is 5.75 Å². The molecule has 24 heavy (non-hydrogen) atoms. The van der Waals surface area contributed by atoms with Gasteiger partial charge >= 0.3 is 5.97 Å². The van der Waals surface area contributed by atoms with Gasteiger partial charge in [-0.15, -0.1) is 0 Å². The molecule has 0 aliphatic carbocycles. The molecule has 0 rings (SSSR count). The Labute approximate surface area is 159 Å². The number of carboxylic acids is 1. The van der Waals surface area contributed by atoms with E-state index in [0.29, 0.717) is 6.42 Å². The fourth-order valence-electron chi connectivity index (χ4n) is 1.15. The van der Waals surface area contributed by atoms with Crippen molar-refractivity contribution in [1.29, 1.82) is 0 Å². The molecule has 0 fully saturated rings. The van der Waals surface area contributed by atoms with Crippen molar-refractivity contribution in [1.82, 2.24) is 16.0 Å². The molecular formula is C13H26N4O5ReS. The Hall–Kier alpha value is -1.15. The fraction of sp³-hybridized carbons (Fsp3) is 0.692. The summed E-state index contributed by atoms with van der Waals surface area (Å²) in [5, 5.41) is 15.0. The van der Waals surface area contributed by atoms with Crippen LogP contribution in [-0.4, -0.2) is 66.5 Å². The molecule has 141 valence electrons. The van der Waals surface area contributed by atoms with E-state index in [1.54, 1.807) is 11.8 Å². The topological polar surface area (TPSA) is 151 Å². The number of hydrogen-bond acceptors (Lipinski definition) is 6. The number of nitrogens with two attached hydrogens (primary N) is 1. The molecule has 0 aliphatic heterocycles. The molecule has 0 saturated carbocycles. The summed E-state index contributed by atoms with van der Waals surface area (Å²) in [5.74, 6) is -2.07. The van der Waals surface area contributed by atoms with Crippen LogP contribution in [0.2, 0.25) is 0 Å². The number of hydrogen-bond donors (Lipinski definition) is 5. The van der Waals surface area contributed by atoms with E-state index in [4.69, 9.17) is 10.8 Å². The number of rotatable bonds is 10. The Bertz CT molecular complexity index is 399. The first kappa shape index (κ1) is 27.7. The molecule has 6 N–H and O–H groups in total. The maximum absolute atomic E-state index is 11.5. The van der Waals surface area contributed by atoms with Crippen LogP contribution in [0.4, 0.5) is 0 Å². The van der Waals surface area contributed by atoms with Gasteiger partial charge in [-0.1, -0.05) is 13.8 Å². The first-order chi connectivity index (χ1) is 10.9. The van der Waals surface area contributed by atoms with E-state index in [2.05, 4.69) is 16.0 Å².